The van der Waals surface area contributed by atoms with Gasteiger partial charge in [-0.3, -0.25) is 4.79 Å². The van der Waals surface area contributed by atoms with E-state index in [9.17, 15) is 9.59 Å². The van der Waals surface area contributed by atoms with E-state index < -0.39 is 13.9 Å². The fourth-order valence-corrected chi connectivity index (χ4v) is 11.0. The largest absolute Gasteiger partial charge is 0.444 e. The number of ether oxygens (including phenoxy) is 1. The summed E-state index contributed by atoms with van der Waals surface area (Å²) in [6, 6.07) is -0.119. The second-order valence-corrected chi connectivity index (χ2v) is 16.1. The maximum absolute atomic E-state index is 13.0. The highest BCUT2D eigenvalue weighted by molar-refractivity contribution is 6.77. The number of fused-ring (bicyclic) bond motifs is 1. The van der Waals surface area contributed by atoms with Crippen LogP contribution in [0.1, 0.15) is 68.7 Å². The lowest BCUT2D eigenvalue weighted by molar-refractivity contribution is -0.116. The van der Waals surface area contributed by atoms with Crippen LogP contribution < -0.4 is 0 Å². The first-order valence-electron chi connectivity index (χ1n) is 11.1. The summed E-state index contributed by atoms with van der Waals surface area (Å²) in [5, 5.41) is 0. The van der Waals surface area contributed by atoms with Crippen LogP contribution in [-0.2, 0) is 14.0 Å². The van der Waals surface area contributed by atoms with Crippen molar-refractivity contribution in [2.24, 2.45) is 11.8 Å². The van der Waals surface area contributed by atoms with Crippen molar-refractivity contribution in [2.75, 3.05) is 13.2 Å². The Bertz CT molecular complexity index is 614. The molecule has 0 bridgehead atoms. The number of hydrogen-bond acceptors (Lipinski definition) is 4. The molecule has 0 spiro atoms. The summed E-state index contributed by atoms with van der Waals surface area (Å²) in [5.41, 5.74) is 0.876. The quantitative estimate of drug-likeness (QED) is 0.525. The molecule has 1 heterocycles. The maximum atomic E-state index is 13.0. The molecule has 6 heteroatoms. The molecule has 1 aliphatic carbocycles. The smallest absolute Gasteiger partial charge is 0.410 e. The van der Waals surface area contributed by atoms with Crippen LogP contribution in [0.5, 0.6) is 0 Å². The van der Waals surface area contributed by atoms with Crippen molar-refractivity contribution >= 4 is 20.2 Å². The third kappa shape index (κ3) is 5.13. The third-order valence-corrected chi connectivity index (χ3v) is 12.7. The van der Waals surface area contributed by atoms with Crippen molar-refractivity contribution in [3.8, 4) is 0 Å². The molecular formula is C23H41NO4Si. The lowest BCUT2D eigenvalue weighted by atomic mass is 9.82. The minimum absolute atomic E-state index is 0.109. The topological polar surface area (TPSA) is 55.8 Å². The van der Waals surface area contributed by atoms with E-state index in [2.05, 4.69) is 41.5 Å². The minimum atomic E-state index is -2.06. The number of ketones is 1. The molecule has 2 aliphatic rings. The summed E-state index contributed by atoms with van der Waals surface area (Å²) in [4.78, 5) is 26.9. The van der Waals surface area contributed by atoms with Gasteiger partial charge >= 0.3 is 6.09 Å². The van der Waals surface area contributed by atoms with Crippen molar-refractivity contribution in [2.45, 2.75) is 97.0 Å². The van der Waals surface area contributed by atoms with Gasteiger partial charge in [0.15, 0.2) is 14.1 Å². The van der Waals surface area contributed by atoms with Gasteiger partial charge in [-0.2, -0.15) is 0 Å². The fourth-order valence-electron chi connectivity index (χ4n) is 5.51. The van der Waals surface area contributed by atoms with Crippen molar-refractivity contribution in [3.63, 3.8) is 0 Å². The average Bonchev–Trinajstić information content (AvgIpc) is 2.91. The number of nitrogens with zero attached hydrogens (tertiary/aromatic N) is 1. The van der Waals surface area contributed by atoms with Gasteiger partial charge in [0, 0.05) is 18.9 Å². The summed E-state index contributed by atoms with van der Waals surface area (Å²) in [6.45, 7) is 20.3. The molecule has 29 heavy (non-hydrogen) atoms. The van der Waals surface area contributed by atoms with Gasteiger partial charge in [-0.1, -0.05) is 47.6 Å². The van der Waals surface area contributed by atoms with Gasteiger partial charge in [-0.05, 0) is 49.4 Å². The Hall–Kier alpha value is -1.14. The molecule has 1 fully saturated rings. The standard InChI is InChI=1S/C23H41NO4Si/c1-15(2)29(16(3)4,17(5)6)27-14-21-20-12-19(25)11-10-18(20)13-24(21)22(26)28-23(7,8)9/h10-11,15-18,20-21H,12-14H2,1-9H3/t18?,20-,21+/m0/s1. The predicted molar refractivity (Wildman–Crippen MR) is 119 cm³/mol. The minimum Gasteiger partial charge on any atom is -0.444 e. The van der Waals surface area contributed by atoms with E-state index >= 15 is 0 Å². The van der Waals surface area contributed by atoms with E-state index in [0.29, 0.717) is 36.2 Å². The lowest BCUT2D eigenvalue weighted by Crippen LogP contribution is -2.52. The monoisotopic (exact) mass is 423 g/mol. The Labute approximate surface area is 178 Å². The maximum Gasteiger partial charge on any atom is 0.410 e. The van der Waals surface area contributed by atoms with Crippen LogP contribution in [0.3, 0.4) is 0 Å². The highest BCUT2D eigenvalue weighted by atomic mass is 28.4. The summed E-state index contributed by atoms with van der Waals surface area (Å²) < 4.78 is 12.5. The SMILES string of the molecule is CC(C)[Si](OC[C@@H]1[C@H]2CC(=O)C=CC2CN1C(=O)OC(C)(C)C)(C(C)C)C(C)C. The van der Waals surface area contributed by atoms with Gasteiger partial charge in [-0.15, -0.1) is 0 Å². The van der Waals surface area contributed by atoms with Gasteiger partial charge < -0.3 is 14.1 Å². The average molecular weight is 424 g/mol. The number of amides is 1. The van der Waals surface area contributed by atoms with Crippen molar-refractivity contribution < 1.29 is 18.8 Å². The van der Waals surface area contributed by atoms with Crippen LogP contribution in [0.4, 0.5) is 4.79 Å². The van der Waals surface area contributed by atoms with Gasteiger partial charge in [0.1, 0.15) is 5.60 Å². The van der Waals surface area contributed by atoms with E-state index in [0.717, 1.165) is 0 Å². The number of allylic oxidation sites excluding steroid dienone is 1. The van der Waals surface area contributed by atoms with Crippen LogP contribution in [0.25, 0.3) is 0 Å². The van der Waals surface area contributed by atoms with E-state index in [1.807, 2.05) is 31.7 Å². The first kappa shape index (κ1) is 24.1. The molecule has 1 saturated heterocycles. The van der Waals surface area contributed by atoms with Crippen LogP contribution >= 0.6 is 0 Å². The van der Waals surface area contributed by atoms with Crippen molar-refractivity contribution in [1.82, 2.24) is 4.90 Å². The first-order valence-corrected chi connectivity index (χ1v) is 13.3. The van der Waals surface area contributed by atoms with Crippen LogP contribution in [0, 0.1) is 11.8 Å². The summed E-state index contributed by atoms with van der Waals surface area (Å²) >= 11 is 0. The molecule has 1 amide bonds. The molecule has 2 rings (SSSR count). The number of carbonyl (C=O) groups excluding carboxylic acids is 2. The Morgan fingerprint density at radius 1 is 1.14 bits per heavy atom. The molecule has 0 N–H and O–H groups in total. The highest BCUT2D eigenvalue weighted by Crippen LogP contribution is 2.44. The molecule has 5 nitrogen and oxygen atoms in total. The Kier molecular flexibility index (Phi) is 7.43. The Morgan fingerprint density at radius 3 is 2.17 bits per heavy atom. The molecule has 1 unspecified atom stereocenters. The second kappa shape index (κ2) is 8.92. The number of likely N-dealkylation sites (tertiary alicyclic amines) is 1. The van der Waals surface area contributed by atoms with Gasteiger partial charge in [-0.25, -0.2) is 4.79 Å². The number of hydrogen-bond donors (Lipinski definition) is 0. The zero-order valence-corrected chi connectivity index (χ0v) is 20.8. The summed E-state index contributed by atoms with van der Waals surface area (Å²) in [6.07, 6.45) is 3.83. The fraction of sp³-hybridized carbons (Fsp3) is 0.826. The van der Waals surface area contributed by atoms with Crippen LogP contribution in [0.2, 0.25) is 16.6 Å². The normalized spacial score (nSPS) is 25.3. The zero-order valence-electron chi connectivity index (χ0n) is 19.8. The van der Waals surface area contributed by atoms with Gasteiger partial charge in [0.05, 0.1) is 12.6 Å². The Morgan fingerprint density at radius 2 is 1.69 bits per heavy atom. The van der Waals surface area contributed by atoms with E-state index in [1.54, 1.807) is 6.08 Å². The van der Waals surface area contributed by atoms with E-state index in [1.165, 1.54) is 0 Å². The zero-order chi connectivity index (χ0) is 22.1. The molecular weight excluding hydrogens is 382 g/mol. The molecule has 1 aliphatic heterocycles. The van der Waals surface area contributed by atoms with Crippen LogP contribution in [-0.4, -0.2) is 49.9 Å². The predicted octanol–water partition coefficient (Wildman–Crippen LogP) is 5.56. The summed E-state index contributed by atoms with van der Waals surface area (Å²) in [5.74, 6) is 0.447. The molecule has 0 saturated carbocycles. The first-order chi connectivity index (χ1) is 13.3. The van der Waals surface area contributed by atoms with E-state index in [4.69, 9.17) is 9.16 Å². The van der Waals surface area contributed by atoms with E-state index in [-0.39, 0.29) is 29.8 Å². The highest BCUT2D eigenvalue weighted by Gasteiger charge is 2.50. The molecule has 0 aromatic heterocycles. The molecule has 0 aromatic carbocycles. The van der Waals surface area contributed by atoms with Gasteiger partial charge in [0.25, 0.3) is 0 Å². The molecule has 3 atom stereocenters. The van der Waals surface area contributed by atoms with Gasteiger partial charge in [0.2, 0.25) is 0 Å². The lowest BCUT2D eigenvalue weighted by Gasteiger charge is -2.44. The molecule has 0 aromatic rings. The van der Waals surface area contributed by atoms with Crippen molar-refractivity contribution in [1.29, 1.82) is 0 Å². The molecule has 166 valence electrons. The number of carbonyl (C=O) groups is 2. The number of rotatable bonds is 6. The van der Waals surface area contributed by atoms with Crippen molar-refractivity contribution in [3.05, 3.63) is 12.2 Å². The molecule has 0 radical (unpaired) electrons. The Balaban J connectivity index is 2.29. The third-order valence-electron chi connectivity index (χ3n) is 6.66. The summed E-state index contributed by atoms with van der Waals surface area (Å²) in [7, 11) is -2.06. The van der Waals surface area contributed by atoms with Crippen LogP contribution in [0.15, 0.2) is 12.2 Å². The second-order valence-electron chi connectivity index (χ2n) is 10.7.